The van der Waals surface area contributed by atoms with Crippen LogP contribution in [-0.4, -0.2) is 16.8 Å². The van der Waals surface area contributed by atoms with Crippen LogP contribution in [0.25, 0.3) is 21.8 Å². The van der Waals surface area contributed by atoms with Gasteiger partial charge in [0.05, 0.1) is 0 Å². The maximum Gasteiger partial charge on any atom is 0.250 e. The van der Waals surface area contributed by atoms with Crippen molar-refractivity contribution < 1.29 is 9.59 Å². The fraction of sp³-hybridized carbons (Fsp3) is 0. The van der Waals surface area contributed by atoms with Crippen molar-refractivity contribution in [2.45, 2.75) is 0 Å². The van der Waals surface area contributed by atoms with E-state index in [0.717, 1.165) is 0 Å². The summed E-state index contributed by atoms with van der Waals surface area (Å²) < 4.78 is 0. The second-order valence-corrected chi connectivity index (χ2v) is 4.40. The van der Waals surface area contributed by atoms with Gasteiger partial charge in [-0.3, -0.25) is 14.9 Å². The van der Waals surface area contributed by atoms with Crippen LogP contribution in [0.1, 0.15) is 0 Å². The van der Waals surface area contributed by atoms with Gasteiger partial charge in [0.1, 0.15) is 0 Å². The first-order valence-corrected chi connectivity index (χ1v) is 6.22. The highest BCUT2D eigenvalue weighted by Gasteiger charge is 2.06. The third-order valence-corrected chi connectivity index (χ3v) is 3.05. The van der Waals surface area contributed by atoms with E-state index in [1.807, 2.05) is 5.32 Å². The molecule has 0 bridgehead atoms. The molecule has 1 aromatic heterocycles. The Labute approximate surface area is 115 Å². The summed E-state index contributed by atoms with van der Waals surface area (Å²) in [6.45, 7) is 0. The van der Waals surface area contributed by atoms with Crippen molar-refractivity contribution in [2.24, 2.45) is 0 Å². The molecule has 0 atom stereocenters. The van der Waals surface area contributed by atoms with Gasteiger partial charge in [0.2, 0.25) is 0 Å². The van der Waals surface area contributed by atoms with E-state index in [4.69, 9.17) is 0 Å². The molecule has 2 amide bonds. The first kappa shape index (κ1) is 12.2. The van der Waals surface area contributed by atoms with Crippen LogP contribution in [0.5, 0.6) is 0 Å². The maximum absolute atomic E-state index is 10.0. The number of hydrogen-bond acceptors (Lipinski definition) is 2. The van der Waals surface area contributed by atoms with E-state index < -0.39 is 0 Å². The van der Waals surface area contributed by atoms with E-state index in [0.29, 0.717) is 0 Å². The van der Waals surface area contributed by atoms with Gasteiger partial charge in [-0.25, -0.2) is 0 Å². The summed E-state index contributed by atoms with van der Waals surface area (Å²) in [5.41, 5.74) is 2.42. The van der Waals surface area contributed by atoms with Crippen LogP contribution in [0.2, 0.25) is 0 Å². The molecule has 98 valence electrons. The molecule has 0 unspecified atom stereocenters. The topological polar surface area (TPSA) is 62.0 Å². The minimum atomic E-state index is -0.329. The number of benzene rings is 2. The van der Waals surface area contributed by atoms with Crippen LogP contribution in [0.3, 0.4) is 0 Å². The molecule has 0 spiro atoms. The number of nitrogens with one attached hydrogen (secondary N) is 2. The van der Waals surface area contributed by atoms with Gasteiger partial charge in [0, 0.05) is 34.0 Å². The molecule has 2 aromatic carbocycles. The fourth-order valence-corrected chi connectivity index (χ4v) is 2.16. The number of hydrogen-bond donors (Lipinski definition) is 2. The SMILES string of the molecule is O=C1C=CC(=O)N1.c1ccc2c(c1)[nH]c1ccccc12. The smallest absolute Gasteiger partial charge is 0.250 e. The normalized spacial score (nSPS) is 13.4. The Morgan fingerprint density at radius 3 is 1.50 bits per heavy atom. The summed E-state index contributed by atoms with van der Waals surface area (Å²) >= 11 is 0. The van der Waals surface area contributed by atoms with Gasteiger partial charge >= 0.3 is 0 Å². The lowest BCUT2D eigenvalue weighted by Crippen LogP contribution is -2.19. The average Bonchev–Trinajstić information content (AvgIpc) is 3.02. The maximum atomic E-state index is 10.0. The van der Waals surface area contributed by atoms with Crippen molar-refractivity contribution in [1.29, 1.82) is 0 Å². The van der Waals surface area contributed by atoms with Gasteiger partial charge in [0.15, 0.2) is 0 Å². The summed E-state index contributed by atoms with van der Waals surface area (Å²) in [6.07, 6.45) is 2.39. The molecule has 1 aliphatic rings. The standard InChI is InChI=1S/C12H9N.C4H3NO2/c1-3-7-11-9(5-1)10-6-2-4-8-12(10)13-11;6-3-1-2-4(7)5-3/h1-8,13H;1-2H,(H,5,6,7). The molecule has 1 aliphatic heterocycles. The lowest BCUT2D eigenvalue weighted by molar-refractivity contribution is -0.123. The molecule has 0 fully saturated rings. The minimum Gasteiger partial charge on any atom is -0.355 e. The lowest BCUT2D eigenvalue weighted by atomic mass is 10.2. The fourth-order valence-electron chi connectivity index (χ4n) is 2.16. The van der Waals surface area contributed by atoms with Gasteiger partial charge in [0.25, 0.3) is 11.8 Å². The van der Waals surface area contributed by atoms with Gasteiger partial charge in [-0.05, 0) is 12.1 Å². The second kappa shape index (κ2) is 5.01. The van der Waals surface area contributed by atoms with Crippen molar-refractivity contribution in [3.8, 4) is 0 Å². The Kier molecular flexibility index (Phi) is 3.05. The van der Waals surface area contributed by atoms with E-state index in [2.05, 4.69) is 53.5 Å². The minimum absolute atomic E-state index is 0.329. The number of rotatable bonds is 0. The predicted octanol–water partition coefficient (Wildman–Crippen LogP) is 2.52. The Balaban J connectivity index is 0.000000147. The molecule has 0 saturated carbocycles. The molecule has 4 heteroatoms. The Bertz CT molecular complexity index is 764. The number of carbonyl (C=O) groups is 2. The number of aromatic amines is 1. The predicted molar refractivity (Wildman–Crippen MR) is 78.1 cm³/mol. The molecular formula is C16H12N2O2. The highest BCUT2D eigenvalue weighted by Crippen LogP contribution is 2.24. The number of amides is 2. The molecule has 20 heavy (non-hydrogen) atoms. The summed E-state index contributed by atoms with van der Waals surface area (Å²) in [5, 5.41) is 4.64. The molecule has 0 radical (unpaired) electrons. The monoisotopic (exact) mass is 264 g/mol. The molecule has 2 N–H and O–H groups in total. The van der Waals surface area contributed by atoms with Crippen molar-refractivity contribution >= 4 is 33.6 Å². The molecule has 0 saturated heterocycles. The Hall–Kier alpha value is -2.88. The first-order valence-electron chi connectivity index (χ1n) is 6.22. The van der Waals surface area contributed by atoms with Gasteiger partial charge in [-0.2, -0.15) is 0 Å². The molecule has 0 aliphatic carbocycles. The first-order chi connectivity index (χ1) is 9.74. The van der Waals surface area contributed by atoms with E-state index in [-0.39, 0.29) is 11.8 Å². The number of imide groups is 1. The van der Waals surface area contributed by atoms with E-state index >= 15 is 0 Å². The largest absolute Gasteiger partial charge is 0.355 e. The summed E-state index contributed by atoms with van der Waals surface area (Å²) in [4.78, 5) is 23.4. The van der Waals surface area contributed by atoms with E-state index in [9.17, 15) is 9.59 Å². The van der Waals surface area contributed by atoms with Crippen molar-refractivity contribution in [3.63, 3.8) is 0 Å². The van der Waals surface area contributed by atoms with Crippen molar-refractivity contribution in [3.05, 3.63) is 60.7 Å². The van der Waals surface area contributed by atoms with E-state index in [1.54, 1.807) is 0 Å². The molecule has 4 rings (SSSR count). The van der Waals surface area contributed by atoms with Crippen LogP contribution < -0.4 is 5.32 Å². The molecule has 2 heterocycles. The second-order valence-electron chi connectivity index (χ2n) is 4.40. The number of carbonyl (C=O) groups excluding carboxylic acids is 2. The quantitative estimate of drug-likeness (QED) is 0.613. The van der Waals surface area contributed by atoms with Crippen LogP contribution >= 0.6 is 0 Å². The zero-order valence-electron chi connectivity index (χ0n) is 10.6. The lowest BCUT2D eigenvalue weighted by Gasteiger charge is -1.87. The molecule has 4 nitrogen and oxygen atoms in total. The average molecular weight is 264 g/mol. The van der Waals surface area contributed by atoms with Crippen molar-refractivity contribution in [1.82, 2.24) is 10.3 Å². The number of para-hydroxylation sites is 2. The van der Waals surface area contributed by atoms with Crippen LogP contribution in [0.4, 0.5) is 0 Å². The Morgan fingerprint density at radius 1 is 0.650 bits per heavy atom. The van der Waals surface area contributed by atoms with Crippen LogP contribution in [0.15, 0.2) is 60.7 Å². The third kappa shape index (κ3) is 2.31. The van der Waals surface area contributed by atoms with Gasteiger partial charge < -0.3 is 4.98 Å². The van der Waals surface area contributed by atoms with Crippen LogP contribution in [-0.2, 0) is 9.59 Å². The highest BCUT2D eigenvalue weighted by molar-refractivity contribution is 6.12. The number of H-pyrrole nitrogens is 1. The summed E-state index contributed by atoms with van der Waals surface area (Å²) in [6, 6.07) is 16.8. The van der Waals surface area contributed by atoms with Crippen molar-refractivity contribution in [2.75, 3.05) is 0 Å². The van der Waals surface area contributed by atoms with Gasteiger partial charge in [-0.1, -0.05) is 36.4 Å². The zero-order valence-corrected chi connectivity index (χ0v) is 10.6. The number of fused-ring (bicyclic) bond motifs is 3. The highest BCUT2D eigenvalue weighted by atomic mass is 16.2. The zero-order chi connectivity index (χ0) is 13.9. The summed E-state index contributed by atoms with van der Waals surface area (Å²) in [5.74, 6) is -0.657. The summed E-state index contributed by atoms with van der Waals surface area (Å²) in [7, 11) is 0. The molecule has 3 aromatic rings. The van der Waals surface area contributed by atoms with Gasteiger partial charge in [-0.15, -0.1) is 0 Å². The molecular weight excluding hydrogens is 252 g/mol. The third-order valence-electron chi connectivity index (χ3n) is 3.05. The van der Waals surface area contributed by atoms with E-state index in [1.165, 1.54) is 34.0 Å². The Morgan fingerprint density at radius 2 is 1.10 bits per heavy atom. The number of aromatic nitrogens is 1. The van der Waals surface area contributed by atoms with Crippen LogP contribution in [0, 0.1) is 0 Å².